The zero-order chi connectivity index (χ0) is 71.2. The fourth-order valence-corrected chi connectivity index (χ4v) is 17.0. The van der Waals surface area contributed by atoms with Crippen LogP contribution in [0.25, 0.3) is 198 Å². The molecule has 0 radical (unpaired) electrons. The summed E-state index contributed by atoms with van der Waals surface area (Å²) in [6, 6.07) is 150. The molecule has 0 atom stereocenters. The molecule has 22 rings (SSSR count). The number of nitrogens with zero attached hydrogens (tertiary/aromatic N) is 4. The van der Waals surface area contributed by atoms with Gasteiger partial charge in [0.05, 0.1) is 44.1 Å². The van der Waals surface area contributed by atoms with Gasteiger partial charge >= 0.3 is 0 Å². The van der Waals surface area contributed by atoms with E-state index in [9.17, 15) is 0 Å². The Hall–Kier alpha value is -14.3. The molecule has 0 bridgehead atoms. The summed E-state index contributed by atoms with van der Waals surface area (Å²) < 4.78 is 9.65. The zero-order valence-corrected chi connectivity index (χ0v) is 59.0. The Bertz CT molecular complexity index is 6990. The third-order valence-corrected chi connectivity index (χ3v) is 22.2. The Morgan fingerprint density at radius 3 is 0.880 bits per heavy atom. The molecule has 18 aromatic carbocycles. The minimum atomic E-state index is 1.15. The summed E-state index contributed by atoms with van der Waals surface area (Å²) in [6.07, 6.45) is 0. The van der Waals surface area contributed by atoms with Gasteiger partial charge in [0.1, 0.15) is 0 Å². The summed E-state index contributed by atoms with van der Waals surface area (Å²) in [4.78, 5) is 0. The number of hydrogen-bond donors (Lipinski definition) is 0. The van der Waals surface area contributed by atoms with E-state index in [2.05, 4.69) is 431 Å². The molecule has 108 heavy (non-hydrogen) atoms. The van der Waals surface area contributed by atoms with Gasteiger partial charge < -0.3 is 18.3 Å². The predicted molar refractivity (Wildman–Crippen MR) is 458 cm³/mol. The van der Waals surface area contributed by atoms with Gasteiger partial charge in [-0.15, -0.1) is 0 Å². The predicted octanol–water partition coefficient (Wildman–Crippen LogP) is 28.1. The molecule has 0 unspecified atom stereocenters. The van der Waals surface area contributed by atoms with Crippen LogP contribution in [0, 0.1) is 0 Å². The Morgan fingerprint density at radius 2 is 0.426 bits per heavy atom. The fraction of sp³-hybridized carbons (Fsp3) is 0. The molecule has 0 N–H and O–H groups in total. The molecule has 0 aliphatic heterocycles. The first-order chi connectivity index (χ1) is 53.5. The molecule has 0 aliphatic rings. The van der Waals surface area contributed by atoms with Gasteiger partial charge in [0.2, 0.25) is 0 Å². The van der Waals surface area contributed by atoms with Crippen LogP contribution in [0.2, 0.25) is 0 Å². The Labute approximate surface area is 625 Å². The fourth-order valence-electron chi connectivity index (χ4n) is 17.0. The maximum absolute atomic E-state index is 2.43. The molecule has 504 valence electrons. The monoisotopic (exact) mass is 1370 g/mol. The lowest BCUT2D eigenvalue weighted by Crippen LogP contribution is -1.94. The maximum Gasteiger partial charge on any atom is 0.0547 e. The van der Waals surface area contributed by atoms with Crippen molar-refractivity contribution in [2.45, 2.75) is 0 Å². The van der Waals surface area contributed by atoms with Crippen molar-refractivity contribution in [1.29, 1.82) is 0 Å². The van der Waals surface area contributed by atoms with Crippen LogP contribution in [-0.2, 0) is 0 Å². The van der Waals surface area contributed by atoms with Crippen LogP contribution in [0.1, 0.15) is 0 Å². The lowest BCUT2D eigenvalue weighted by Gasteiger charge is -2.12. The minimum Gasteiger partial charge on any atom is -0.309 e. The van der Waals surface area contributed by atoms with Crippen LogP contribution in [0.3, 0.4) is 0 Å². The molecule has 0 saturated carbocycles. The maximum atomic E-state index is 2.43. The van der Waals surface area contributed by atoms with Crippen LogP contribution in [0.4, 0.5) is 0 Å². The second kappa shape index (κ2) is 25.8. The second-order valence-electron chi connectivity index (χ2n) is 28.3. The summed E-state index contributed by atoms with van der Waals surface area (Å²) in [5.74, 6) is 0. The van der Waals surface area contributed by atoms with Crippen LogP contribution >= 0.6 is 0 Å². The molecular weight excluding hydrogens is 1310 g/mol. The highest BCUT2D eigenvalue weighted by Crippen LogP contribution is 2.44. The van der Waals surface area contributed by atoms with Gasteiger partial charge in [-0.25, -0.2) is 0 Å². The van der Waals surface area contributed by atoms with Crippen LogP contribution < -0.4 is 0 Å². The van der Waals surface area contributed by atoms with E-state index >= 15 is 0 Å². The van der Waals surface area contributed by atoms with Gasteiger partial charge in [0.25, 0.3) is 0 Å². The quantitative estimate of drug-likeness (QED) is 0.130. The van der Waals surface area contributed by atoms with Crippen LogP contribution in [0.15, 0.2) is 413 Å². The smallest absolute Gasteiger partial charge is 0.0547 e. The van der Waals surface area contributed by atoms with E-state index in [1.54, 1.807) is 0 Å². The SMILES string of the molecule is c1ccc(-c2ccc(-c3ccc(-n4c5ccccc5c5cc(-c6ccc7c(c6)c6ccccc6n7-c6ccc(-c7ccc(-c8ccccc8)cc7)cc6)ccc54)cc3)cc2)cc1.c1ccc2cc(-n3c4ccccc4c4ccc(-c5cccc6c5c5ccccc5n6-c5ccc6ccccc6c5)cc43)ccc2c1. The first-order valence-corrected chi connectivity index (χ1v) is 37.2. The van der Waals surface area contributed by atoms with E-state index in [1.807, 2.05) is 0 Å². The van der Waals surface area contributed by atoms with Crippen molar-refractivity contribution in [2.75, 3.05) is 0 Å². The average Bonchev–Trinajstić information content (AvgIpc) is 1.59. The zero-order valence-electron chi connectivity index (χ0n) is 59.0. The highest BCUT2D eigenvalue weighted by atomic mass is 15.0. The molecule has 4 nitrogen and oxygen atoms in total. The molecule has 4 heterocycles. The number of benzene rings is 18. The number of aromatic nitrogens is 4. The standard InChI is InChI=1S/C60H40N2.C44H28N2/c1-3-11-41(12-4-1)43-19-23-45(24-20-43)47-27-33-51(34-28-47)61-57-17-9-7-15-53(57)55-39-49(31-37-59(55)61)50-32-38-60-56(40-50)54-16-8-10-18-58(54)62(60)52-35-29-48(30-36-52)46-25-21-44(22-26-46)42-13-5-2-6-14-42;1-3-12-31-26-34(23-20-29(31)10-1)45-41-18-8-6-15-39(41)44-36(16-9-19-42(44)45)33-22-25-38-37-14-5-7-17-40(37)46(43(38)28-33)35-24-21-30-11-2-4-13-32(30)27-35/h1-40H;1-28H. The van der Waals surface area contributed by atoms with E-state index < -0.39 is 0 Å². The molecule has 4 heteroatoms. The molecule has 0 amide bonds. The molecule has 0 spiro atoms. The highest BCUT2D eigenvalue weighted by molar-refractivity contribution is 6.18. The third kappa shape index (κ3) is 10.6. The van der Waals surface area contributed by atoms with Crippen molar-refractivity contribution < 1.29 is 0 Å². The first-order valence-electron chi connectivity index (χ1n) is 37.2. The van der Waals surface area contributed by atoms with Crippen molar-refractivity contribution in [2.24, 2.45) is 0 Å². The summed E-state index contributed by atoms with van der Waals surface area (Å²) in [6.45, 7) is 0. The Morgan fingerprint density at radius 1 is 0.130 bits per heavy atom. The summed E-state index contributed by atoms with van der Waals surface area (Å²) in [5.41, 5.74) is 28.9. The van der Waals surface area contributed by atoms with E-state index in [1.165, 1.54) is 187 Å². The third-order valence-electron chi connectivity index (χ3n) is 22.2. The van der Waals surface area contributed by atoms with Crippen molar-refractivity contribution in [3.63, 3.8) is 0 Å². The molecule has 0 fully saturated rings. The first kappa shape index (κ1) is 62.3. The molecule has 22 aromatic rings. The largest absolute Gasteiger partial charge is 0.309 e. The molecule has 4 aromatic heterocycles. The van der Waals surface area contributed by atoms with Crippen LogP contribution in [0.5, 0.6) is 0 Å². The lowest BCUT2D eigenvalue weighted by atomic mass is 9.98. The summed E-state index contributed by atoms with van der Waals surface area (Å²) in [5, 5.41) is 15.0. The van der Waals surface area contributed by atoms with Gasteiger partial charge in [0, 0.05) is 65.8 Å². The van der Waals surface area contributed by atoms with Crippen molar-refractivity contribution >= 4 is 109 Å². The molecule has 0 aliphatic carbocycles. The van der Waals surface area contributed by atoms with Gasteiger partial charge in [-0.1, -0.05) is 303 Å². The van der Waals surface area contributed by atoms with Gasteiger partial charge in [0.15, 0.2) is 0 Å². The second-order valence-corrected chi connectivity index (χ2v) is 28.3. The van der Waals surface area contributed by atoms with E-state index in [0.717, 1.165) is 11.4 Å². The van der Waals surface area contributed by atoms with Crippen molar-refractivity contribution in [1.82, 2.24) is 18.3 Å². The Balaban J connectivity index is 0.000000144. The van der Waals surface area contributed by atoms with E-state index in [-0.39, 0.29) is 0 Å². The van der Waals surface area contributed by atoms with E-state index in [4.69, 9.17) is 0 Å². The van der Waals surface area contributed by atoms with E-state index in [0.29, 0.717) is 0 Å². The molecular formula is C104H68N4. The average molecular weight is 1370 g/mol. The normalized spacial score (nSPS) is 11.7. The van der Waals surface area contributed by atoms with Gasteiger partial charge in [-0.3, -0.25) is 0 Å². The number of fused-ring (bicyclic) bond motifs is 14. The van der Waals surface area contributed by atoms with Gasteiger partial charge in [-0.05, 0) is 198 Å². The lowest BCUT2D eigenvalue weighted by molar-refractivity contribution is 1.18. The number of hydrogen-bond acceptors (Lipinski definition) is 0. The van der Waals surface area contributed by atoms with Crippen molar-refractivity contribution in [3.8, 4) is 89.5 Å². The summed E-state index contributed by atoms with van der Waals surface area (Å²) >= 11 is 0. The molecule has 0 saturated heterocycles. The number of rotatable bonds is 10. The highest BCUT2D eigenvalue weighted by Gasteiger charge is 2.21. The number of para-hydroxylation sites is 4. The topological polar surface area (TPSA) is 19.7 Å². The minimum absolute atomic E-state index is 1.15. The van der Waals surface area contributed by atoms with Gasteiger partial charge in [-0.2, -0.15) is 0 Å². The Kier molecular flexibility index (Phi) is 14.9. The summed E-state index contributed by atoms with van der Waals surface area (Å²) in [7, 11) is 0. The van der Waals surface area contributed by atoms with Crippen molar-refractivity contribution in [3.05, 3.63) is 413 Å². The van der Waals surface area contributed by atoms with Crippen LogP contribution in [-0.4, -0.2) is 18.3 Å².